The van der Waals surface area contributed by atoms with E-state index in [1.54, 1.807) is 0 Å². The molecule has 1 aliphatic rings. The Kier molecular flexibility index (Phi) is 5.34. The van der Waals surface area contributed by atoms with Gasteiger partial charge in [-0.25, -0.2) is 4.79 Å². The largest absolute Gasteiger partial charge is 0.444 e. The summed E-state index contributed by atoms with van der Waals surface area (Å²) in [6.45, 7) is 7.99. The van der Waals surface area contributed by atoms with Crippen LogP contribution in [0.25, 0.3) is 0 Å². The molecule has 1 aromatic rings. The Balaban J connectivity index is 2.05. The van der Waals surface area contributed by atoms with Crippen LogP contribution >= 0.6 is 15.9 Å². The van der Waals surface area contributed by atoms with Crippen molar-refractivity contribution in [2.24, 2.45) is 0 Å². The molecule has 5 nitrogen and oxygen atoms in total. The number of anilines is 1. The molecule has 1 aromatic carbocycles. The second kappa shape index (κ2) is 6.91. The van der Waals surface area contributed by atoms with Gasteiger partial charge in [-0.15, -0.1) is 0 Å². The molecule has 2 amide bonds. The first-order valence-electron chi connectivity index (χ1n) is 7.74. The van der Waals surface area contributed by atoms with Gasteiger partial charge in [0.15, 0.2) is 0 Å². The minimum absolute atomic E-state index is 0.177. The first kappa shape index (κ1) is 17.8. The number of carbonyl (C=O) groups is 2. The van der Waals surface area contributed by atoms with Crippen molar-refractivity contribution in [2.75, 3.05) is 11.9 Å². The van der Waals surface area contributed by atoms with Crippen LogP contribution in [0.15, 0.2) is 22.7 Å². The summed E-state index contributed by atoms with van der Waals surface area (Å²) in [6.07, 6.45) is 1.02. The summed E-state index contributed by atoms with van der Waals surface area (Å²) in [7, 11) is 0. The van der Waals surface area contributed by atoms with Crippen molar-refractivity contribution in [3.8, 4) is 0 Å². The first-order chi connectivity index (χ1) is 10.7. The van der Waals surface area contributed by atoms with Crippen molar-refractivity contribution in [2.45, 2.75) is 52.2 Å². The molecule has 0 bridgehead atoms. The fraction of sp³-hybridized carbons (Fsp3) is 0.529. The predicted molar refractivity (Wildman–Crippen MR) is 93.5 cm³/mol. The predicted octanol–water partition coefficient (Wildman–Crippen LogP) is 4.10. The number of hydrogen-bond donors (Lipinski definition) is 1. The van der Waals surface area contributed by atoms with Crippen LogP contribution in [0.1, 0.15) is 39.2 Å². The highest BCUT2D eigenvalue weighted by molar-refractivity contribution is 9.10. The van der Waals surface area contributed by atoms with Gasteiger partial charge >= 0.3 is 6.09 Å². The third-order valence-corrected chi connectivity index (χ3v) is 4.48. The highest BCUT2D eigenvalue weighted by Gasteiger charge is 2.36. The van der Waals surface area contributed by atoms with Gasteiger partial charge in [0, 0.05) is 16.7 Å². The van der Waals surface area contributed by atoms with Crippen LogP contribution in [0.5, 0.6) is 0 Å². The summed E-state index contributed by atoms with van der Waals surface area (Å²) >= 11 is 3.45. The minimum Gasteiger partial charge on any atom is -0.444 e. The number of halogens is 1. The molecule has 1 N–H and O–H groups in total. The molecule has 2 rings (SSSR count). The smallest absolute Gasteiger partial charge is 0.410 e. The fourth-order valence-corrected chi connectivity index (χ4v) is 2.85. The Labute approximate surface area is 145 Å². The lowest BCUT2D eigenvalue weighted by Gasteiger charge is -2.28. The molecule has 1 atom stereocenters. The van der Waals surface area contributed by atoms with Gasteiger partial charge in [0.05, 0.1) is 0 Å². The average Bonchev–Trinajstić information content (AvgIpc) is 2.90. The lowest BCUT2D eigenvalue weighted by atomic mass is 10.2. The van der Waals surface area contributed by atoms with Crippen LogP contribution in [0.2, 0.25) is 0 Å². The van der Waals surface area contributed by atoms with E-state index in [0.717, 1.165) is 16.5 Å². The van der Waals surface area contributed by atoms with E-state index in [1.807, 2.05) is 45.9 Å². The summed E-state index contributed by atoms with van der Waals surface area (Å²) < 4.78 is 6.32. The Bertz CT molecular complexity index is 610. The van der Waals surface area contributed by atoms with Gasteiger partial charge in [-0.1, -0.05) is 22.0 Å². The first-order valence-corrected chi connectivity index (χ1v) is 8.53. The van der Waals surface area contributed by atoms with Crippen LogP contribution in [0, 0.1) is 6.92 Å². The molecule has 0 saturated carbocycles. The molecule has 0 aliphatic carbocycles. The zero-order valence-corrected chi connectivity index (χ0v) is 15.6. The molecule has 0 radical (unpaired) electrons. The Hall–Kier alpha value is -1.56. The molecule has 23 heavy (non-hydrogen) atoms. The number of carbonyl (C=O) groups excluding carboxylic acids is 2. The maximum absolute atomic E-state index is 12.5. The monoisotopic (exact) mass is 382 g/mol. The van der Waals surface area contributed by atoms with E-state index in [0.29, 0.717) is 18.7 Å². The molecule has 1 saturated heterocycles. The normalized spacial score (nSPS) is 18.0. The average molecular weight is 383 g/mol. The highest BCUT2D eigenvalue weighted by Crippen LogP contribution is 2.24. The number of likely N-dealkylation sites (tertiary alicyclic amines) is 1. The van der Waals surface area contributed by atoms with Crippen molar-refractivity contribution < 1.29 is 14.3 Å². The van der Waals surface area contributed by atoms with E-state index in [-0.39, 0.29) is 5.91 Å². The Morgan fingerprint density at radius 2 is 2.04 bits per heavy atom. The zero-order valence-electron chi connectivity index (χ0n) is 14.0. The highest BCUT2D eigenvalue weighted by atomic mass is 79.9. The molecule has 1 unspecified atom stereocenters. The van der Waals surface area contributed by atoms with Crippen molar-refractivity contribution in [3.05, 3.63) is 28.2 Å². The van der Waals surface area contributed by atoms with E-state index >= 15 is 0 Å². The second-order valence-electron chi connectivity index (χ2n) is 6.78. The fourth-order valence-electron chi connectivity index (χ4n) is 2.47. The molecular weight excluding hydrogens is 360 g/mol. The van der Waals surface area contributed by atoms with Gasteiger partial charge < -0.3 is 10.1 Å². The molecule has 1 aliphatic heterocycles. The van der Waals surface area contributed by atoms with Gasteiger partial charge in [0.1, 0.15) is 11.6 Å². The van der Waals surface area contributed by atoms with Crippen molar-refractivity contribution in [1.82, 2.24) is 4.90 Å². The van der Waals surface area contributed by atoms with E-state index in [9.17, 15) is 9.59 Å². The van der Waals surface area contributed by atoms with Crippen molar-refractivity contribution >= 4 is 33.6 Å². The van der Waals surface area contributed by atoms with Crippen LogP contribution in [0.4, 0.5) is 10.5 Å². The summed E-state index contributed by atoms with van der Waals surface area (Å²) in [5, 5.41) is 2.88. The van der Waals surface area contributed by atoms with Crippen LogP contribution in [-0.4, -0.2) is 35.1 Å². The quantitative estimate of drug-likeness (QED) is 0.837. The SMILES string of the molecule is Cc1ccc(NC(=O)C2CCCN2C(=O)OC(C)(C)C)cc1Br. The molecule has 1 heterocycles. The maximum atomic E-state index is 12.5. The van der Waals surface area contributed by atoms with Crippen LogP contribution < -0.4 is 5.32 Å². The lowest BCUT2D eigenvalue weighted by molar-refractivity contribution is -0.120. The maximum Gasteiger partial charge on any atom is 0.410 e. The van der Waals surface area contributed by atoms with Gasteiger partial charge in [0.2, 0.25) is 5.91 Å². The van der Waals surface area contributed by atoms with Crippen LogP contribution in [-0.2, 0) is 9.53 Å². The number of rotatable bonds is 2. The lowest BCUT2D eigenvalue weighted by Crippen LogP contribution is -2.45. The van der Waals surface area contributed by atoms with Crippen molar-refractivity contribution in [3.63, 3.8) is 0 Å². The third-order valence-electron chi connectivity index (χ3n) is 3.62. The third kappa shape index (κ3) is 4.70. The molecule has 1 fully saturated rings. The van der Waals surface area contributed by atoms with Gasteiger partial charge in [-0.3, -0.25) is 9.69 Å². The standard InChI is InChI=1S/C17H23BrN2O3/c1-11-7-8-12(10-13(11)18)19-15(21)14-6-5-9-20(14)16(22)23-17(2,3)4/h7-8,10,14H,5-6,9H2,1-4H3,(H,19,21). The zero-order chi connectivity index (χ0) is 17.2. The molecule has 126 valence electrons. The Morgan fingerprint density at radius 3 is 2.65 bits per heavy atom. The number of nitrogens with zero attached hydrogens (tertiary/aromatic N) is 1. The summed E-state index contributed by atoms with van der Waals surface area (Å²) in [5.41, 5.74) is 1.24. The summed E-state index contributed by atoms with van der Waals surface area (Å²) in [6, 6.07) is 5.16. The van der Waals surface area contributed by atoms with Gasteiger partial charge in [-0.2, -0.15) is 0 Å². The summed E-state index contributed by atoms with van der Waals surface area (Å²) in [4.78, 5) is 26.3. The number of hydrogen-bond acceptors (Lipinski definition) is 3. The molecule has 6 heteroatoms. The second-order valence-corrected chi connectivity index (χ2v) is 7.64. The summed E-state index contributed by atoms with van der Waals surface area (Å²) in [5.74, 6) is -0.177. The van der Waals surface area contributed by atoms with E-state index < -0.39 is 17.7 Å². The molecule has 0 aromatic heterocycles. The molecule has 0 spiro atoms. The minimum atomic E-state index is -0.567. The van der Waals surface area contributed by atoms with Crippen molar-refractivity contribution in [1.29, 1.82) is 0 Å². The van der Waals surface area contributed by atoms with Gasteiger partial charge in [-0.05, 0) is 58.2 Å². The Morgan fingerprint density at radius 1 is 1.35 bits per heavy atom. The number of benzene rings is 1. The van der Waals surface area contributed by atoms with E-state index in [1.165, 1.54) is 4.90 Å². The molecular formula is C17H23BrN2O3. The number of amides is 2. The van der Waals surface area contributed by atoms with E-state index in [2.05, 4.69) is 21.2 Å². The van der Waals surface area contributed by atoms with Crippen LogP contribution in [0.3, 0.4) is 0 Å². The van der Waals surface area contributed by atoms with E-state index in [4.69, 9.17) is 4.74 Å². The number of aryl methyl sites for hydroxylation is 1. The number of ether oxygens (including phenoxy) is 1. The van der Waals surface area contributed by atoms with Gasteiger partial charge in [0.25, 0.3) is 0 Å². The number of nitrogens with one attached hydrogen (secondary N) is 1. The topological polar surface area (TPSA) is 58.6 Å².